The number of H-pyrrole nitrogens is 1. The fourth-order valence-electron chi connectivity index (χ4n) is 2.07. The molecule has 19 heavy (non-hydrogen) atoms. The lowest BCUT2D eigenvalue weighted by molar-refractivity contribution is 0.416. The smallest absolute Gasteiger partial charge is 0.178 e. The highest BCUT2D eigenvalue weighted by Crippen LogP contribution is 2.31. The molecule has 0 saturated heterocycles. The van der Waals surface area contributed by atoms with Crippen molar-refractivity contribution >= 4 is 16.9 Å². The number of aryl methyl sites for hydroxylation is 1. The number of nitrogens with one attached hydrogen (secondary N) is 1. The summed E-state index contributed by atoms with van der Waals surface area (Å²) in [4.78, 5) is 12.0. The van der Waals surface area contributed by atoms with Crippen molar-refractivity contribution in [1.82, 2.24) is 15.0 Å². The number of ether oxygens (including phenoxy) is 1. The average Bonchev–Trinajstić information content (AvgIpc) is 2.83. The summed E-state index contributed by atoms with van der Waals surface area (Å²) in [7, 11) is 1.62. The molecule has 0 saturated carbocycles. The van der Waals surface area contributed by atoms with Gasteiger partial charge < -0.3 is 15.5 Å². The second-order valence-electron chi connectivity index (χ2n) is 4.37. The SMILES string of the molecule is COc1cc(N)ccc1-c1nc2nccc(C)c2[nH]1. The highest BCUT2D eigenvalue weighted by molar-refractivity contribution is 5.80. The molecule has 0 bridgehead atoms. The van der Waals surface area contributed by atoms with Gasteiger partial charge >= 0.3 is 0 Å². The van der Waals surface area contributed by atoms with Crippen molar-refractivity contribution in [2.45, 2.75) is 6.92 Å². The first-order valence-corrected chi connectivity index (χ1v) is 5.94. The van der Waals surface area contributed by atoms with Crippen LogP contribution in [0.25, 0.3) is 22.6 Å². The van der Waals surface area contributed by atoms with Crippen LogP contribution in [-0.2, 0) is 0 Å². The summed E-state index contributed by atoms with van der Waals surface area (Å²) in [6.45, 7) is 2.02. The van der Waals surface area contributed by atoms with Crippen molar-refractivity contribution in [3.8, 4) is 17.1 Å². The molecule has 0 spiro atoms. The number of hydrogen-bond acceptors (Lipinski definition) is 4. The number of nitrogen functional groups attached to an aromatic ring is 1. The molecule has 0 radical (unpaired) electrons. The van der Waals surface area contributed by atoms with Gasteiger partial charge in [-0.05, 0) is 30.7 Å². The van der Waals surface area contributed by atoms with Gasteiger partial charge in [-0.25, -0.2) is 9.97 Å². The zero-order valence-corrected chi connectivity index (χ0v) is 10.8. The third-order valence-electron chi connectivity index (χ3n) is 3.08. The Morgan fingerprint density at radius 3 is 2.84 bits per heavy atom. The number of imidazole rings is 1. The van der Waals surface area contributed by atoms with Crippen molar-refractivity contribution in [2.75, 3.05) is 12.8 Å². The fraction of sp³-hybridized carbons (Fsp3) is 0.143. The van der Waals surface area contributed by atoms with Crippen molar-refractivity contribution in [3.05, 3.63) is 36.0 Å². The number of pyridine rings is 1. The topological polar surface area (TPSA) is 76.8 Å². The summed E-state index contributed by atoms with van der Waals surface area (Å²) in [5, 5.41) is 0. The zero-order chi connectivity index (χ0) is 13.4. The van der Waals surface area contributed by atoms with E-state index in [1.54, 1.807) is 19.4 Å². The minimum atomic E-state index is 0.658. The predicted molar refractivity (Wildman–Crippen MR) is 75.0 cm³/mol. The van der Waals surface area contributed by atoms with E-state index in [1.807, 2.05) is 25.1 Å². The Kier molecular flexibility index (Phi) is 2.59. The molecule has 0 amide bonds. The van der Waals surface area contributed by atoms with Crippen LogP contribution in [0.1, 0.15) is 5.56 Å². The van der Waals surface area contributed by atoms with Crippen LogP contribution in [0.3, 0.4) is 0 Å². The van der Waals surface area contributed by atoms with Gasteiger partial charge in [0.2, 0.25) is 0 Å². The minimum absolute atomic E-state index is 0.658. The number of nitrogens with zero attached hydrogens (tertiary/aromatic N) is 2. The largest absolute Gasteiger partial charge is 0.496 e. The molecule has 0 aliphatic rings. The van der Waals surface area contributed by atoms with Crippen molar-refractivity contribution in [1.29, 1.82) is 0 Å². The molecule has 5 nitrogen and oxygen atoms in total. The average molecular weight is 254 g/mol. The minimum Gasteiger partial charge on any atom is -0.496 e. The van der Waals surface area contributed by atoms with Gasteiger partial charge in [0, 0.05) is 18.0 Å². The van der Waals surface area contributed by atoms with Crippen LogP contribution in [0, 0.1) is 6.92 Å². The van der Waals surface area contributed by atoms with Crippen LogP contribution in [0.5, 0.6) is 5.75 Å². The summed E-state index contributed by atoms with van der Waals surface area (Å²) in [5.41, 5.74) is 10.0. The number of anilines is 1. The molecule has 2 aromatic heterocycles. The molecule has 1 aromatic carbocycles. The number of aromatic nitrogens is 3. The molecular weight excluding hydrogens is 240 g/mol. The van der Waals surface area contributed by atoms with Gasteiger partial charge in [-0.15, -0.1) is 0 Å². The Hall–Kier alpha value is -2.56. The Morgan fingerprint density at radius 2 is 2.11 bits per heavy atom. The molecule has 0 unspecified atom stereocenters. The maximum Gasteiger partial charge on any atom is 0.178 e. The van der Waals surface area contributed by atoms with Crippen LogP contribution < -0.4 is 10.5 Å². The molecule has 5 heteroatoms. The number of rotatable bonds is 2. The van der Waals surface area contributed by atoms with Crippen LogP contribution in [-0.4, -0.2) is 22.1 Å². The number of aromatic amines is 1. The molecular formula is C14H14N4O. The normalized spacial score (nSPS) is 10.8. The van der Waals surface area contributed by atoms with Crippen LogP contribution in [0.15, 0.2) is 30.5 Å². The lowest BCUT2D eigenvalue weighted by Crippen LogP contribution is -1.92. The summed E-state index contributed by atoms with van der Waals surface area (Å²) in [5.74, 6) is 1.42. The lowest BCUT2D eigenvalue weighted by atomic mass is 10.1. The number of benzene rings is 1. The first-order valence-electron chi connectivity index (χ1n) is 5.94. The van der Waals surface area contributed by atoms with Gasteiger partial charge in [0.1, 0.15) is 11.6 Å². The third kappa shape index (κ3) is 1.89. The molecule has 0 atom stereocenters. The maximum atomic E-state index is 5.76. The molecule has 96 valence electrons. The monoisotopic (exact) mass is 254 g/mol. The van der Waals surface area contributed by atoms with Crippen molar-refractivity contribution < 1.29 is 4.74 Å². The lowest BCUT2D eigenvalue weighted by Gasteiger charge is -2.06. The van der Waals surface area contributed by atoms with E-state index >= 15 is 0 Å². The molecule has 2 heterocycles. The van der Waals surface area contributed by atoms with Gasteiger partial charge in [-0.1, -0.05) is 0 Å². The molecule has 3 aromatic rings. The van der Waals surface area contributed by atoms with E-state index in [2.05, 4.69) is 15.0 Å². The summed E-state index contributed by atoms with van der Waals surface area (Å²) in [6, 6.07) is 7.44. The van der Waals surface area contributed by atoms with E-state index in [0.29, 0.717) is 17.1 Å². The maximum absolute atomic E-state index is 5.76. The number of hydrogen-bond donors (Lipinski definition) is 2. The molecule has 3 rings (SSSR count). The Morgan fingerprint density at radius 1 is 1.26 bits per heavy atom. The van der Waals surface area contributed by atoms with E-state index in [4.69, 9.17) is 10.5 Å². The zero-order valence-electron chi connectivity index (χ0n) is 10.8. The van der Waals surface area contributed by atoms with Crippen LogP contribution in [0.4, 0.5) is 5.69 Å². The van der Waals surface area contributed by atoms with Gasteiger partial charge in [-0.2, -0.15) is 0 Å². The van der Waals surface area contributed by atoms with E-state index in [-0.39, 0.29) is 0 Å². The standard InChI is InChI=1S/C14H14N4O/c1-8-5-6-16-14-12(8)17-13(18-14)10-4-3-9(15)7-11(10)19-2/h3-7H,15H2,1-2H3,(H,16,17,18). The third-order valence-corrected chi connectivity index (χ3v) is 3.08. The van der Waals surface area contributed by atoms with E-state index in [1.165, 1.54) is 0 Å². The predicted octanol–water partition coefficient (Wildman–Crippen LogP) is 2.52. The van der Waals surface area contributed by atoms with E-state index in [0.717, 1.165) is 22.5 Å². The fourth-order valence-corrected chi connectivity index (χ4v) is 2.07. The highest BCUT2D eigenvalue weighted by atomic mass is 16.5. The Labute approximate surface area is 110 Å². The summed E-state index contributed by atoms with van der Waals surface area (Å²) in [6.07, 6.45) is 1.75. The quantitative estimate of drug-likeness (QED) is 0.689. The second kappa shape index (κ2) is 4.28. The Bertz CT molecular complexity index is 748. The molecule has 0 aliphatic carbocycles. The molecule has 3 N–H and O–H groups in total. The number of methoxy groups -OCH3 is 1. The number of nitrogens with two attached hydrogens (primary N) is 1. The summed E-state index contributed by atoms with van der Waals surface area (Å²) < 4.78 is 5.35. The van der Waals surface area contributed by atoms with Crippen molar-refractivity contribution in [3.63, 3.8) is 0 Å². The van der Waals surface area contributed by atoms with Crippen LogP contribution >= 0.6 is 0 Å². The Balaban J connectivity index is 2.22. The van der Waals surface area contributed by atoms with Gasteiger partial charge in [0.05, 0.1) is 18.2 Å². The second-order valence-corrected chi connectivity index (χ2v) is 4.37. The summed E-state index contributed by atoms with van der Waals surface area (Å²) >= 11 is 0. The highest BCUT2D eigenvalue weighted by Gasteiger charge is 2.12. The van der Waals surface area contributed by atoms with Gasteiger partial charge in [-0.3, -0.25) is 0 Å². The van der Waals surface area contributed by atoms with Gasteiger partial charge in [0.15, 0.2) is 5.65 Å². The van der Waals surface area contributed by atoms with Crippen LogP contribution in [0.2, 0.25) is 0 Å². The van der Waals surface area contributed by atoms with E-state index < -0.39 is 0 Å². The van der Waals surface area contributed by atoms with Crippen molar-refractivity contribution in [2.24, 2.45) is 0 Å². The first kappa shape index (κ1) is 11.5. The van der Waals surface area contributed by atoms with Gasteiger partial charge in [0.25, 0.3) is 0 Å². The molecule has 0 aliphatic heterocycles. The van der Waals surface area contributed by atoms with E-state index in [9.17, 15) is 0 Å². The first-order chi connectivity index (χ1) is 9.19. The molecule has 0 fully saturated rings. The number of fused-ring (bicyclic) bond motifs is 1.